The second kappa shape index (κ2) is 7.10. The molecular formula is C14H28N4O. The van der Waals surface area contributed by atoms with Gasteiger partial charge in [-0.2, -0.15) is 0 Å². The first-order valence-corrected chi connectivity index (χ1v) is 7.61. The monoisotopic (exact) mass is 268 g/mol. The van der Waals surface area contributed by atoms with E-state index in [-0.39, 0.29) is 5.92 Å². The first-order chi connectivity index (χ1) is 9.19. The van der Waals surface area contributed by atoms with E-state index in [1.54, 1.807) is 0 Å². The molecule has 1 atom stereocenters. The predicted molar refractivity (Wildman–Crippen MR) is 77.4 cm³/mol. The van der Waals surface area contributed by atoms with E-state index < -0.39 is 0 Å². The molecule has 19 heavy (non-hydrogen) atoms. The van der Waals surface area contributed by atoms with E-state index in [1.807, 2.05) is 6.92 Å². The average molecular weight is 268 g/mol. The molecule has 0 amide bonds. The molecule has 2 aliphatic heterocycles. The van der Waals surface area contributed by atoms with Crippen molar-refractivity contribution in [3.8, 4) is 0 Å². The maximum atomic E-state index is 8.67. The number of rotatable bonds is 5. The SMILES string of the molecule is CC(CN1CCC(CN2CCCC2)CC1)/C(N)=N/O. The minimum absolute atomic E-state index is 0.139. The van der Waals surface area contributed by atoms with Gasteiger partial charge in [0.2, 0.25) is 0 Å². The van der Waals surface area contributed by atoms with Gasteiger partial charge in [0, 0.05) is 19.0 Å². The Labute approximate surface area is 116 Å². The number of nitrogens with zero attached hydrogens (tertiary/aromatic N) is 3. The van der Waals surface area contributed by atoms with Crippen LogP contribution in [0.25, 0.3) is 0 Å². The zero-order valence-corrected chi connectivity index (χ0v) is 12.1. The van der Waals surface area contributed by atoms with Crippen molar-refractivity contribution in [3.05, 3.63) is 0 Å². The number of likely N-dealkylation sites (tertiary alicyclic amines) is 2. The Morgan fingerprint density at radius 1 is 1.21 bits per heavy atom. The van der Waals surface area contributed by atoms with E-state index in [0.29, 0.717) is 5.84 Å². The molecule has 2 saturated heterocycles. The first-order valence-electron chi connectivity index (χ1n) is 7.61. The molecule has 0 spiro atoms. The van der Waals surface area contributed by atoms with Crippen LogP contribution in [0.15, 0.2) is 5.16 Å². The zero-order chi connectivity index (χ0) is 13.7. The molecule has 1 unspecified atom stereocenters. The fraction of sp³-hybridized carbons (Fsp3) is 0.929. The quantitative estimate of drug-likeness (QED) is 0.340. The summed E-state index contributed by atoms with van der Waals surface area (Å²) in [5.74, 6) is 1.35. The molecule has 0 aromatic heterocycles. The minimum atomic E-state index is 0.139. The van der Waals surface area contributed by atoms with E-state index in [1.165, 1.54) is 45.3 Å². The van der Waals surface area contributed by atoms with E-state index in [4.69, 9.17) is 10.9 Å². The number of amidine groups is 1. The van der Waals surface area contributed by atoms with Gasteiger partial charge in [-0.3, -0.25) is 0 Å². The summed E-state index contributed by atoms with van der Waals surface area (Å²) in [6.45, 7) is 9.14. The standard InChI is InChI=1S/C14H28N4O/c1-12(14(15)16-19)10-18-8-4-13(5-9-18)11-17-6-2-3-7-17/h12-13,19H,2-11H2,1H3,(H2,15,16). The van der Waals surface area contributed by atoms with Crippen molar-refractivity contribution in [2.75, 3.05) is 39.3 Å². The third-order valence-corrected chi connectivity index (χ3v) is 4.57. The number of hydrogen-bond donors (Lipinski definition) is 2. The van der Waals surface area contributed by atoms with Crippen LogP contribution in [-0.4, -0.2) is 60.1 Å². The molecule has 0 saturated carbocycles. The predicted octanol–water partition coefficient (Wildman–Crippen LogP) is 1.18. The molecule has 0 aliphatic carbocycles. The van der Waals surface area contributed by atoms with Crippen molar-refractivity contribution in [2.45, 2.75) is 32.6 Å². The summed E-state index contributed by atoms with van der Waals surface area (Å²) < 4.78 is 0. The summed E-state index contributed by atoms with van der Waals surface area (Å²) >= 11 is 0. The Morgan fingerprint density at radius 2 is 1.84 bits per heavy atom. The van der Waals surface area contributed by atoms with Gasteiger partial charge in [-0.15, -0.1) is 0 Å². The summed E-state index contributed by atoms with van der Waals surface area (Å²) in [5.41, 5.74) is 5.64. The van der Waals surface area contributed by atoms with E-state index in [0.717, 1.165) is 25.6 Å². The van der Waals surface area contributed by atoms with Crippen molar-refractivity contribution in [2.24, 2.45) is 22.7 Å². The molecule has 2 rings (SSSR count). The smallest absolute Gasteiger partial charge is 0.143 e. The van der Waals surface area contributed by atoms with Gasteiger partial charge < -0.3 is 20.7 Å². The van der Waals surface area contributed by atoms with Crippen LogP contribution < -0.4 is 5.73 Å². The molecular weight excluding hydrogens is 240 g/mol. The largest absolute Gasteiger partial charge is 0.409 e. The Balaban J connectivity index is 1.67. The number of nitrogens with two attached hydrogens (primary N) is 1. The fourth-order valence-corrected chi connectivity index (χ4v) is 3.26. The molecule has 0 aromatic carbocycles. The lowest BCUT2D eigenvalue weighted by Gasteiger charge is -2.34. The summed E-state index contributed by atoms with van der Waals surface area (Å²) in [6.07, 6.45) is 5.35. The Kier molecular flexibility index (Phi) is 5.45. The minimum Gasteiger partial charge on any atom is -0.409 e. The molecule has 2 fully saturated rings. The maximum Gasteiger partial charge on any atom is 0.143 e. The topological polar surface area (TPSA) is 65.1 Å². The van der Waals surface area contributed by atoms with Gasteiger partial charge in [-0.25, -0.2) is 0 Å². The fourth-order valence-electron chi connectivity index (χ4n) is 3.26. The highest BCUT2D eigenvalue weighted by atomic mass is 16.4. The number of hydrogen-bond acceptors (Lipinski definition) is 4. The summed E-state index contributed by atoms with van der Waals surface area (Å²) in [4.78, 5) is 5.07. The van der Waals surface area contributed by atoms with Crippen molar-refractivity contribution in [1.82, 2.24) is 9.80 Å². The Hall–Kier alpha value is -0.810. The normalized spacial score (nSPS) is 25.8. The van der Waals surface area contributed by atoms with Crippen LogP contribution in [0.2, 0.25) is 0 Å². The summed E-state index contributed by atoms with van der Waals surface area (Å²) in [7, 11) is 0. The summed E-state index contributed by atoms with van der Waals surface area (Å²) in [5, 5.41) is 11.8. The number of piperidine rings is 1. The van der Waals surface area contributed by atoms with Gasteiger partial charge in [0.05, 0.1) is 0 Å². The molecule has 5 nitrogen and oxygen atoms in total. The van der Waals surface area contributed by atoms with Crippen molar-refractivity contribution >= 4 is 5.84 Å². The zero-order valence-electron chi connectivity index (χ0n) is 12.1. The van der Waals surface area contributed by atoms with Crippen LogP contribution in [0.5, 0.6) is 0 Å². The van der Waals surface area contributed by atoms with Gasteiger partial charge >= 0.3 is 0 Å². The van der Waals surface area contributed by atoms with Crippen LogP contribution >= 0.6 is 0 Å². The molecule has 0 radical (unpaired) electrons. The van der Waals surface area contributed by atoms with E-state index in [9.17, 15) is 0 Å². The second-order valence-electron chi connectivity index (χ2n) is 6.18. The lowest BCUT2D eigenvalue weighted by atomic mass is 9.95. The highest BCUT2D eigenvalue weighted by molar-refractivity contribution is 5.82. The summed E-state index contributed by atoms with van der Waals surface area (Å²) in [6, 6.07) is 0. The molecule has 2 aliphatic rings. The highest BCUT2D eigenvalue weighted by Gasteiger charge is 2.24. The van der Waals surface area contributed by atoms with Crippen LogP contribution in [-0.2, 0) is 0 Å². The lowest BCUT2D eigenvalue weighted by Crippen LogP contribution is -2.42. The molecule has 3 N–H and O–H groups in total. The Morgan fingerprint density at radius 3 is 2.42 bits per heavy atom. The first kappa shape index (κ1) is 14.6. The van der Waals surface area contributed by atoms with E-state index in [2.05, 4.69) is 15.0 Å². The van der Waals surface area contributed by atoms with Gasteiger partial charge in [0.25, 0.3) is 0 Å². The lowest BCUT2D eigenvalue weighted by molar-refractivity contribution is 0.147. The third-order valence-electron chi connectivity index (χ3n) is 4.57. The van der Waals surface area contributed by atoms with Crippen molar-refractivity contribution in [3.63, 3.8) is 0 Å². The van der Waals surface area contributed by atoms with Gasteiger partial charge in [0.15, 0.2) is 0 Å². The Bertz CT molecular complexity index is 294. The van der Waals surface area contributed by atoms with Gasteiger partial charge in [-0.05, 0) is 57.8 Å². The van der Waals surface area contributed by atoms with Crippen LogP contribution in [0, 0.1) is 11.8 Å². The molecule has 110 valence electrons. The van der Waals surface area contributed by atoms with Crippen LogP contribution in [0.4, 0.5) is 0 Å². The maximum absolute atomic E-state index is 8.67. The van der Waals surface area contributed by atoms with Crippen LogP contribution in [0.3, 0.4) is 0 Å². The molecule has 5 heteroatoms. The van der Waals surface area contributed by atoms with Gasteiger partial charge in [-0.1, -0.05) is 12.1 Å². The second-order valence-corrected chi connectivity index (χ2v) is 6.18. The van der Waals surface area contributed by atoms with E-state index >= 15 is 0 Å². The van der Waals surface area contributed by atoms with Gasteiger partial charge in [0.1, 0.15) is 5.84 Å². The third kappa shape index (κ3) is 4.35. The number of oxime groups is 1. The highest BCUT2D eigenvalue weighted by Crippen LogP contribution is 2.21. The molecule has 2 heterocycles. The molecule has 0 aromatic rings. The van der Waals surface area contributed by atoms with Crippen molar-refractivity contribution in [1.29, 1.82) is 0 Å². The van der Waals surface area contributed by atoms with Crippen LogP contribution in [0.1, 0.15) is 32.6 Å². The average Bonchev–Trinajstić information content (AvgIpc) is 2.93. The molecule has 0 bridgehead atoms. The van der Waals surface area contributed by atoms with Crippen molar-refractivity contribution < 1.29 is 5.21 Å².